The van der Waals surface area contributed by atoms with Gasteiger partial charge in [-0.05, 0) is 29.3 Å². The lowest BCUT2D eigenvalue weighted by atomic mass is 10.0. The maximum Gasteiger partial charge on any atom is 0.234 e. The Morgan fingerprint density at radius 2 is 1.97 bits per heavy atom. The lowest BCUT2D eigenvalue weighted by molar-refractivity contribution is -0.123. The molecule has 2 aromatic rings. The summed E-state index contributed by atoms with van der Waals surface area (Å²) in [7, 11) is 0. The standard InChI is InChI=1S/C23H30N4O2/c1-19(21-8-7-20-5-2-3-6-22(20)17-21)25-23(28)18-27(10-4-9-24)12-11-26-13-15-29-16-14-26/h2-3,5-8,17,19H,4,10-16,18H2,1H3,(H,25,28). The normalized spacial score (nSPS) is 15.9. The SMILES string of the molecule is CC(NC(=O)CN(CCC#N)CCN1CCOCC1)c1ccc2ccccc2c1. The zero-order valence-corrected chi connectivity index (χ0v) is 17.1. The minimum Gasteiger partial charge on any atom is -0.379 e. The van der Waals surface area contributed by atoms with Gasteiger partial charge >= 0.3 is 0 Å². The molecule has 2 aromatic carbocycles. The summed E-state index contributed by atoms with van der Waals surface area (Å²) in [5, 5.41) is 14.4. The monoisotopic (exact) mass is 394 g/mol. The topological polar surface area (TPSA) is 68.6 Å². The summed E-state index contributed by atoms with van der Waals surface area (Å²) in [6.45, 7) is 7.98. The maximum absolute atomic E-state index is 12.6. The molecule has 0 aromatic heterocycles. The molecule has 29 heavy (non-hydrogen) atoms. The van der Waals surface area contributed by atoms with Crippen molar-refractivity contribution in [1.29, 1.82) is 5.26 Å². The number of benzene rings is 2. The summed E-state index contributed by atoms with van der Waals surface area (Å²) >= 11 is 0. The molecule has 0 aliphatic carbocycles. The Hall–Kier alpha value is -2.46. The van der Waals surface area contributed by atoms with E-state index in [1.165, 1.54) is 10.8 Å². The van der Waals surface area contributed by atoms with Crippen molar-refractivity contribution in [1.82, 2.24) is 15.1 Å². The number of hydrogen-bond donors (Lipinski definition) is 1. The van der Waals surface area contributed by atoms with Gasteiger partial charge in [-0.1, -0.05) is 36.4 Å². The van der Waals surface area contributed by atoms with Crippen LogP contribution in [0.1, 0.15) is 24.9 Å². The third-order valence-electron chi connectivity index (χ3n) is 5.39. The molecular formula is C23H30N4O2. The van der Waals surface area contributed by atoms with E-state index in [1.807, 2.05) is 19.1 Å². The Balaban J connectivity index is 1.53. The van der Waals surface area contributed by atoms with Crippen LogP contribution >= 0.6 is 0 Å². The molecule has 1 saturated heterocycles. The highest BCUT2D eigenvalue weighted by molar-refractivity contribution is 5.83. The van der Waals surface area contributed by atoms with Crippen LogP contribution in [0.15, 0.2) is 42.5 Å². The number of nitrogens with zero attached hydrogens (tertiary/aromatic N) is 3. The number of ether oxygens (including phenoxy) is 1. The first kappa shape index (κ1) is 21.3. The number of morpholine rings is 1. The minimum atomic E-state index is -0.0656. The highest BCUT2D eigenvalue weighted by Crippen LogP contribution is 2.20. The van der Waals surface area contributed by atoms with E-state index in [2.05, 4.69) is 51.5 Å². The third kappa shape index (κ3) is 6.53. The average Bonchev–Trinajstić information content (AvgIpc) is 2.76. The molecule has 6 nitrogen and oxygen atoms in total. The van der Waals surface area contributed by atoms with Gasteiger partial charge in [0, 0.05) is 39.1 Å². The number of nitriles is 1. The van der Waals surface area contributed by atoms with Crippen LogP contribution in [0.25, 0.3) is 10.8 Å². The van der Waals surface area contributed by atoms with Crippen molar-refractivity contribution in [3.8, 4) is 6.07 Å². The van der Waals surface area contributed by atoms with Crippen LogP contribution in [0.4, 0.5) is 0 Å². The predicted octanol–water partition coefficient (Wildman–Crippen LogP) is 2.56. The minimum absolute atomic E-state index is 0.00873. The molecule has 1 aliphatic heterocycles. The van der Waals surface area contributed by atoms with Crippen molar-refractivity contribution in [2.45, 2.75) is 19.4 Å². The van der Waals surface area contributed by atoms with E-state index < -0.39 is 0 Å². The van der Waals surface area contributed by atoms with E-state index in [0.29, 0.717) is 19.5 Å². The number of amides is 1. The number of hydrogen-bond acceptors (Lipinski definition) is 5. The van der Waals surface area contributed by atoms with Gasteiger partial charge in [0.2, 0.25) is 5.91 Å². The largest absolute Gasteiger partial charge is 0.379 e. The molecule has 1 heterocycles. The van der Waals surface area contributed by atoms with Crippen LogP contribution < -0.4 is 5.32 Å². The molecule has 1 atom stereocenters. The van der Waals surface area contributed by atoms with E-state index in [4.69, 9.17) is 10.00 Å². The van der Waals surface area contributed by atoms with Crippen LogP contribution in [0, 0.1) is 11.3 Å². The Kier molecular flexibility index (Phi) is 8.00. The fourth-order valence-electron chi connectivity index (χ4n) is 3.64. The quantitative estimate of drug-likeness (QED) is 0.708. The van der Waals surface area contributed by atoms with Gasteiger partial charge in [0.25, 0.3) is 0 Å². The lowest BCUT2D eigenvalue weighted by Crippen LogP contribution is -2.44. The van der Waals surface area contributed by atoms with Crippen molar-refractivity contribution in [3.05, 3.63) is 48.0 Å². The molecule has 1 fully saturated rings. The molecule has 6 heteroatoms. The first-order valence-corrected chi connectivity index (χ1v) is 10.3. The van der Waals surface area contributed by atoms with Crippen LogP contribution in [-0.4, -0.2) is 68.2 Å². The summed E-state index contributed by atoms with van der Waals surface area (Å²) < 4.78 is 5.39. The van der Waals surface area contributed by atoms with E-state index in [1.54, 1.807) is 0 Å². The number of nitrogens with one attached hydrogen (secondary N) is 1. The second kappa shape index (κ2) is 10.9. The first-order chi connectivity index (χ1) is 14.2. The van der Waals surface area contributed by atoms with Crippen molar-refractivity contribution in [2.24, 2.45) is 0 Å². The zero-order chi connectivity index (χ0) is 20.5. The lowest BCUT2D eigenvalue weighted by Gasteiger charge is -2.29. The van der Waals surface area contributed by atoms with Gasteiger partial charge in [0.1, 0.15) is 0 Å². The van der Waals surface area contributed by atoms with Crippen molar-refractivity contribution in [3.63, 3.8) is 0 Å². The highest BCUT2D eigenvalue weighted by atomic mass is 16.5. The number of rotatable bonds is 9. The predicted molar refractivity (Wildman–Crippen MR) is 114 cm³/mol. The molecule has 0 radical (unpaired) electrons. The smallest absolute Gasteiger partial charge is 0.234 e. The molecular weight excluding hydrogens is 364 g/mol. The summed E-state index contributed by atoms with van der Waals surface area (Å²) in [5.74, 6) is -0.00873. The molecule has 3 rings (SSSR count). The summed E-state index contributed by atoms with van der Waals surface area (Å²) in [6.07, 6.45) is 0.427. The number of carbonyl (C=O) groups excluding carboxylic acids is 1. The fraction of sp³-hybridized carbons (Fsp3) is 0.478. The van der Waals surface area contributed by atoms with E-state index >= 15 is 0 Å². The molecule has 0 saturated carbocycles. The molecule has 1 aliphatic rings. The van der Waals surface area contributed by atoms with Crippen molar-refractivity contribution >= 4 is 16.7 Å². The van der Waals surface area contributed by atoms with E-state index in [0.717, 1.165) is 45.0 Å². The Morgan fingerprint density at radius 1 is 1.21 bits per heavy atom. The molecule has 1 amide bonds. The van der Waals surface area contributed by atoms with Crippen molar-refractivity contribution in [2.75, 3.05) is 52.5 Å². The summed E-state index contributed by atoms with van der Waals surface area (Å²) in [4.78, 5) is 17.1. The summed E-state index contributed by atoms with van der Waals surface area (Å²) in [5.41, 5.74) is 1.09. The summed E-state index contributed by atoms with van der Waals surface area (Å²) in [6, 6.07) is 16.6. The fourth-order valence-corrected chi connectivity index (χ4v) is 3.64. The third-order valence-corrected chi connectivity index (χ3v) is 5.39. The molecule has 0 spiro atoms. The first-order valence-electron chi connectivity index (χ1n) is 10.3. The number of fused-ring (bicyclic) bond motifs is 1. The second-order valence-electron chi connectivity index (χ2n) is 7.53. The van der Waals surface area contributed by atoms with Gasteiger partial charge in [0.05, 0.1) is 31.9 Å². The van der Waals surface area contributed by atoms with E-state index in [9.17, 15) is 4.79 Å². The van der Waals surface area contributed by atoms with Gasteiger partial charge in [0.15, 0.2) is 0 Å². The Labute approximate surface area is 173 Å². The molecule has 0 bridgehead atoms. The maximum atomic E-state index is 12.6. The van der Waals surface area contributed by atoms with Gasteiger partial charge in [-0.2, -0.15) is 5.26 Å². The van der Waals surface area contributed by atoms with Gasteiger partial charge < -0.3 is 10.1 Å². The van der Waals surface area contributed by atoms with Crippen LogP contribution in [0.3, 0.4) is 0 Å². The van der Waals surface area contributed by atoms with Gasteiger partial charge in [-0.3, -0.25) is 14.6 Å². The zero-order valence-electron chi connectivity index (χ0n) is 17.1. The van der Waals surface area contributed by atoms with Crippen LogP contribution in [-0.2, 0) is 9.53 Å². The molecule has 1 unspecified atom stereocenters. The molecule has 1 N–H and O–H groups in total. The Morgan fingerprint density at radius 3 is 2.72 bits per heavy atom. The highest BCUT2D eigenvalue weighted by Gasteiger charge is 2.16. The van der Waals surface area contributed by atoms with Crippen molar-refractivity contribution < 1.29 is 9.53 Å². The molecule has 154 valence electrons. The number of carbonyl (C=O) groups is 1. The van der Waals surface area contributed by atoms with Gasteiger partial charge in [-0.25, -0.2) is 0 Å². The second-order valence-corrected chi connectivity index (χ2v) is 7.53. The van der Waals surface area contributed by atoms with Crippen LogP contribution in [0.5, 0.6) is 0 Å². The van der Waals surface area contributed by atoms with E-state index in [-0.39, 0.29) is 11.9 Å². The van der Waals surface area contributed by atoms with Crippen LogP contribution in [0.2, 0.25) is 0 Å². The Bertz CT molecular complexity index is 842. The van der Waals surface area contributed by atoms with Gasteiger partial charge in [-0.15, -0.1) is 0 Å². The average molecular weight is 395 g/mol.